The Morgan fingerprint density at radius 2 is 2.14 bits per heavy atom. The second-order valence-corrected chi connectivity index (χ2v) is 6.56. The van der Waals surface area contributed by atoms with Crippen LogP contribution >= 0.6 is 23.2 Å². The maximum Gasteiger partial charge on any atom is 0.225 e. The van der Waals surface area contributed by atoms with Gasteiger partial charge in [-0.2, -0.15) is 4.98 Å². The first-order valence-electron chi connectivity index (χ1n) is 6.94. The smallest absolute Gasteiger partial charge is 0.225 e. The zero-order chi connectivity index (χ0) is 15.5. The minimum Gasteiger partial charge on any atom is -0.371 e. The van der Waals surface area contributed by atoms with Gasteiger partial charge in [0.2, 0.25) is 5.28 Å². The highest BCUT2D eigenvalue weighted by Crippen LogP contribution is 2.36. The number of halogens is 2. The summed E-state index contributed by atoms with van der Waals surface area (Å²) >= 11 is 11.9. The second kappa shape index (κ2) is 5.01. The van der Waals surface area contributed by atoms with Crippen LogP contribution in [0.4, 0.5) is 0 Å². The van der Waals surface area contributed by atoms with Gasteiger partial charge in [0, 0.05) is 0 Å². The van der Waals surface area contributed by atoms with E-state index in [4.69, 9.17) is 37.4 Å². The lowest BCUT2D eigenvalue weighted by molar-refractivity contribution is -0.175. The van der Waals surface area contributed by atoms with Crippen molar-refractivity contribution in [2.75, 3.05) is 6.61 Å². The van der Waals surface area contributed by atoms with Crippen LogP contribution in [0.15, 0.2) is 6.33 Å². The number of hydrogen-bond donors (Lipinski definition) is 0. The van der Waals surface area contributed by atoms with Crippen LogP contribution < -0.4 is 0 Å². The summed E-state index contributed by atoms with van der Waals surface area (Å²) in [5, 5.41) is 0.326. The molecule has 2 saturated heterocycles. The number of fused-ring (bicyclic) bond motifs is 2. The molecular formula is C13H14Cl2N4O3. The van der Waals surface area contributed by atoms with E-state index in [9.17, 15) is 0 Å². The predicted octanol–water partition coefficient (Wildman–Crippen LogP) is 2.05. The second-order valence-electron chi connectivity index (χ2n) is 5.86. The van der Waals surface area contributed by atoms with Crippen LogP contribution in [0.5, 0.6) is 0 Å². The van der Waals surface area contributed by atoms with E-state index in [0.717, 1.165) is 0 Å². The summed E-state index contributed by atoms with van der Waals surface area (Å²) in [5.41, 5.74) is 1.10. The summed E-state index contributed by atoms with van der Waals surface area (Å²) in [6.45, 7) is 4.85. The highest BCUT2D eigenvalue weighted by molar-refractivity contribution is 6.35. The van der Waals surface area contributed by atoms with E-state index in [1.165, 1.54) is 0 Å². The van der Waals surface area contributed by atoms with E-state index in [1.807, 2.05) is 18.4 Å². The van der Waals surface area contributed by atoms with Crippen molar-refractivity contribution in [3.8, 4) is 0 Å². The van der Waals surface area contributed by atoms with Gasteiger partial charge in [-0.05, 0) is 25.4 Å². The van der Waals surface area contributed by atoms with E-state index < -0.39 is 5.79 Å². The lowest BCUT2D eigenvalue weighted by Gasteiger charge is -2.22. The number of nitrogens with zero attached hydrogens (tertiary/aromatic N) is 4. The summed E-state index contributed by atoms with van der Waals surface area (Å²) in [5.74, 6) is -0.580. The average Bonchev–Trinajstić information content (AvgIpc) is 3.05. The van der Waals surface area contributed by atoms with Crippen LogP contribution in [0.25, 0.3) is 11.2 Å². The molecule has 0 aromatic carbocycles. The molecule has 22 heavy (non-hydrogen) atoms. The quantitative estimate of drug-likeness (QED) is 0.613. The monoisotopic (exact) mass is 344 g/mol. The molecule has 2 fully saturated rings. The topological polar surface area (TPSA) is 71.3 Å². The van der Waals surface area contributed by atoms with Gasteiger partial charge in [-0.25, -0.2) is 9.97 Å². The highest BCUT2D eigenvalue weighted by Gasteiger charge is 2.50. The van der Waals surface area contributed by atoms with E-state index >= 15 is 0 Å². The Morgan fingerprint density at radius 1 is 1.32 bits per heavy atom. The molecule has 7 nitrogen and oxygen atoms in total. The Kier molecular flexibility index (Phi) is 3.32. The normalized spacial score (nSPS) is 30.1. The third kappa shape index (κ3) is 2.37. The minimum atomic E-state index is -0.580. The zero-order valence-electron chi connectivity index (χ0n) is 12.0. The summed E-state index contributed by atoms with van der Waals surface area (Å²) in [6.07, 6.45) is 1.35. The first-order chi connectivity index (χ1) is 10.4. The van der Waals surface area contributed by atoms with Crippen LogP contribution in [-0.2, 0) is 20.8 Å². The summed E-state index contributed by atoms with van der Waals surface area (Å²) in [7, 11) is 0. The molecule has 2 aromatic heterocycles. The Bertz CT molecular complexity index is 735. The fourth-order valence-corrected chi connectivity index (χ4v) is 3.41. The number of imidazole rings is 1. The maximum absolute atomic E-state index is 6.03. The lowest BCUT2D eigenvalue weighted by atomic mass is 10.1. The molecule has 2 aromatic rings. The Balaban J connectivity index is 1.62. The average molecular weight is 345 g/mol. The molecule has 0 saturated carbocycles. The van der Waals surface area contributed by atoms with Crippen molar-refractivity contribution >= 4 is 34.4 Å². The number of aromatic nitrogens is 4. The van der Waals surface area contributed by atoms with Crippen LogP contribution in [0.2, 0.25) is 10.4 Å². The summed E-state index contributed by atoms with van der Waals surface area (Å²) < 4.78 is 19.4. The highest BCUT2D eigenvalue weighted by atomic mass is 35.5. The zero-order valence-corrected chi connectivity index (χ0v) is 13.5. The van der Waals surface area contributed by atoms with Gasteiger partial charge in [0.1, 0.15) is 23.8 Å². The van der Waals surface area contributed by atoms with Crippen LogP contribution in [0.1, 0.15) is 13.8 Å². The van der Waals surface area contributed by atoms with Gasteiger partial charge in [-0.1, -0.05) is 11.6 Å². The molecule has 0 N–H and O–H groups in total. The molecule has 4 heterocycles. The fourth-order valence-electron chi connectivity index (χ4n) is 2.99. The minimum absolute atomic E-state index is 0.0448. The summed E-state index contributed by atoms with van der Waals surface area (Å²) in [6, 6.07) is 0. The summed E-state index contributed by atoms with van der Waals surface area (Å²) in [4.78, 5) is 12.3. The van der Waals surface area contributed by atoms with E-state index in [1.54, 1.807) is 6.33 Å². The third-order valence-corrected chi connectivity index (χ3v) is 4.27. The molecule has 0 radical (unpaired) electrons. The van der Waals surface area contributed by atoms with Crippen molar-refractivity contribution in [2.24, 2.45) is 0 Å². The van der Waals surface area contributed by atoms with Crippen molar-refractivity contribution in [3.63, 3.8) is 0 Å². The lowest BCUT2D eigenvalue weighted by Crippen LogP contribution is -2.32. The third-order valence-electron chi connectivity index (χ3n) is 3.83. The van der Waals surface area contributed by atoms with Crippen molar-refractivity contribution < 1.29 is 14.2 Å². The molecule has 9 heteroatoms. The molecule has 0 amide bonds. The predicted molar refractivity (Wildman–Crippen MR) is 78.9 cm³/mol. The van der Waals surface area contributed by atoms with Crippen molar-refractivity contribution in [1.82, 2.24) is 19.5 Å². The van der Waals surface area contributed by atoms with E-state index in [2.05, 4.69) is 15.0 Å². The standard InChI is InChI=1S/C13H14Cl2N4O3/c1-13(2)21-7-4-20-6(9(7)22-13)3-19-5-16-8-10(14)17-12(15)18-11(8)19/h5-7,9H,3-4H2,1-2H3/t6-,7+,9-/m0/s1. The van der Waals surface area contributed by atoms with Crippen LogP contribution in [0.3, 0.4) is 0 Å². The first kappa shape index (κ1) is 14.6. The van der Waals surface area contributed by atoms with E-state index in [0.29, 0.717) is 24.3 Å². The van der Waals surface area contributed by atoms with Gasteiger partial charge in [0.25, 0.3) is 0 Å². The maximum atomic E-state index is 6.03. The molecular weight excluding hydrogens is 331 g/mol. The number of hydrogen-bond acceptors (Lipinski definition) is 6. The Labute approximate surface area is 136 Å². The van der Waals surface area contributed by atoms with Crippen LogP contribution in [-0.4, -0.2) is 50.2 Å². The van der Waals surface area contributed by atoms with Gasteiger partial charge in [0.05, 0.1) is 19.5 Å². The fraction of sp³-hybridized carbons (Fsp3) is 0.615. The molecule has 2 aliphatic rings. The molecule has 0 spiro atoms. The molecule has 118 valence electrons. The number of ether oxygens (including phenoxy) is 3. The number of rotatable bonds is 2. The van der Waals surface area contributed by atoms with E-state index in [-0.39, 0.29) is 28.7 Å². The molecule has 3 atom stereocenters. The molecule has 4 rings (SSSR count). The van der Waals surface area contributed by atoms with Gasteiger partial charge < -0.3 is 18.8 Å². The molecule has 2 aliphatic heterocycles. The molecule has 0 aliphatic carbocycles. The Hall–Kier alpha value is -0.990. The van der Waals surface area contributed by atoms with Crippen molar-refractivity contribution in [2.45, 2.75) is 44.5 Å². The van der Waals surface area contributed by atoms with Gasteiger partial charge in [0.15, 0.2) is 16.6 Å². The van der Waals surface area contributed by atoms with Gasteiger partial charge in [-0.15, -0.1) is 0 Å². The molecule has 0 bridgehead atoms. The molecule has 0 unspecified atom stereocenters. The largest absolute Gasteiger partial charge is 0.371 e. The van der Waals surface area contributed by atoms with Crippen molar-refractivity contribution in [3.05, 3.63) is 16.8 Å². The first-order valence-corrected chi connectivity index (χ1v) is 7.70. The Morgan fingerprint density at radius 3 is 2.95 bits per heavy atom. The van der Waals surface area contributed by atoms with Crippen LogP contribution in [0, 0.1) is 0 Å². The SMILES string of the molecule is CC1(C)O[C@H]2[C@H](Cn3cnc4c(Cl)nc(Cl)nc43)OC[C@H]2O1. The van der Waals surface area contributed by atoms with Gasteiger partial charge in [-0.3, -0.25) is 0 Å². The van der Waals surface area contributed by atoms with Gasteiger partial charge >= 0.3 is 0 Å². The van der Waals surface area contributed by atoms with Crippen molar-refractivity contribution in [1.29, 1.82) is 0 Å².